The van der Waals surface area contributed by atoms with Crippen molar-refractivity contribution in [1.82, 2.24) is 0 Å². The van der Waals surface area contributed by atoms with Gasteiger partial charge in [-0.3, -0.25) is 0 Å². The summed E-state index contributed by atoms with van der Waals surface area (Å²) < 4.78 is 12.9. The first kappa shape index (κ1) is 9.49. The van der Waals surface area contributed by atoms with Crippen LogP contribution in [-0.4, -0.2) is 5.11 Å². The summed E-state index contributed by atoms with van der Waals surface area (Å²) in [5, 5.41) is 9.48. The Labute approximate surface area is 75.8 Å². The minimum absolute atomic E-state index is 0.271. The number of hydrogen-bond acceptors (Lipinski definition) is 1. The Hall–Kier alpha value is -0.600. The molecule has 0 saturated carbocycles. The van der Waals surface area contributed by atoms with Crippen LogP contribution in [0.2, 0.25) is 5.02 Å². The first-order valence-electron chi connectivity index (χ1n) is 3.66. The van der Waals surface area contributed by atoms with Crippen molar-refractivity contribution in [1.29, 1.82) is 0 Å². The number of aryl methyl sites for hydroxylation is 1. The normalized spacial score (nSPS) is 13.1. The highest BCUT2D eigenvalue weighted by molar-refractivity contribution is 6.31. The zero-order valence-electron chi connectivity index (χ0n) is 6.94. The van der Waals surface area contributed by atoms with Crippen LogP contribution < -0.4 is 0 Å². The van der Waals surface area contributed by atoms with E-state index in [0.717, 1.165) is 0 Å². The van der Waals surface area contributed by atoms with Gasteiger partial charge in [0.25, 0.3) is 0 Å². The van der Waals surface area contributed by atoms with E-state index in [9.17, 15) is 9.50 Å². The third-order valence-electron chi connectivity index (χ3n) is 1.73. The lowest BCUT2D eigenvalue weighted by molar-refractivity contribution is 0.199. The largest absolute Gasteiger partial charge is 0.389 e. The predicted molar refractivity (Wildman–Crippen MR) is 46.8 cm³/mol. The molecule has 1 atom stereocenters. The Morgan fingerprint density at radius 3 is 2.58 bits per heavy atom. The molecule has 0 aliphatic rings. The van der Waals surface area contributed by atoms with E-state index in [2.05, 4.69) is 0 Å². The van der Waals surface area contributed by atoms with E-state index >= 15 is 0 Å². The van der Waals surface area contributed by atoms with Crippen molar-refractivity contribution >= 4 is 11.6 Å². The summed E-state index contributed by atoms with van der Waals surface area (Å²) in [4.78, 5) is 0. The topological polar surface area (TPSA) is 20.2 Å². The van der Waals surface area contributed by atoms with E-state index in [-0.39, 0.29) is 10.8 Å². The van der Waals surface area contributed by atoms with Gasteiger partial charge in [0.15, 0.2) is 0 Å². The lowest BCUT2D eigenvalue weighted by atomic mass is 10.1. The van der Waals surface area contributed by atoms with Crippen LogP contribution in [0.4, 0.5) is 4.39 Å². The zero-order valence-corrected chi connectivity index (χ0v) is 7.69. The van der Waals surface area contributed by atoms with Gasteiger partial charge in [-0.05, 0) is 37.1 Å². The van der Waals surface area contributed by atoms with Crippen molar-refractivity contribution in [3.8, 4) is 0 Å². The van der Waals surface area contributed by atoms with Gasteiger partial charge in [-0.2, -0.15) is 0 Å². The standard InChI is InChI=1S/C9H10ClFO/c1-5-3-7(6(2)12)8(10)4-9(5)11/h3-4,6,12H,1-2H3/t6-/m1/s1. The van der Waals surface area contributed by atoms with Gasteiger partial charge >= 0.3 is 0 Å². The van der Waals surface area contributed by atoms with E-state index in [4.69, 9.17) is 11.6 Å². The van der Waals surface area contributed by atoms with E-state index in [1.165, 1.54) is 6.07 Å². The van der Waals surface area contributed by atoms with E-state index in [1.54, 1.807) is 19.9 Å². The summed E-state index contributed by atoms with van der Waals surface area (Å²) >= 11 is 5.70. The zero-order chi connectivity index (χ0) is 9.30. The third kappa shape index (κ3) is 1.76. The number of aliphatic hydroxyl groups excluding tert-OH is 1. The minimum Gasteiger partial charge on any atom is -0.389 e. The maximum atomic E-state index is 12.9. The summed E-state index contributed by atoms with van der Waals surface area (Å²) in [6.45, 7) is 3.23. The smallest absolute Gasteiger partial charge is 0.127 e. The molecule has 0 radical (unpaired) electrons. The fraction of sp³-hybridized carbons (Fsp3) is 0.333. The van der Waals surface area contributed by atoms with Crippen molar-refractivity contribution in [2.45, 2.75) is 20.0 Å². The molecule has 1 N–H and O–H groups in total. The predicted octanol–water partition coefficient (Wildman–Crippen LogP) is 2.84. The van der Waals surface area contributed by atoms with Crippen LogP contribution in [0, 0.1) is 12.7 Å². The second kappa shape index (κ2) is 3.42. The molecule has 0 saturated heterocycles. The van der Waals surface area contributed by atoms with Crippen LogP contribution in [-0.2, 0) is 0 Å². The molecule has 1 nitrogen and oxygen atoms in total. The maximum Gasteiger partial charge on any atom is 0.127 e. The van der Waals surface area contributed by atoms with Gasteiger partial charge in [-0.15, -0.1) is 0 Å². The number of hydrogen-bond donors (Lipinski definition) is 1. The molecule has 0 fully saturated rings. The average molecular weight is 189 g/mol. The fourth-order valence-corrected chi connectivity index (χ4v) is 1.31. The van der Waals surface area contributed by atoms with Crippen molar-refractivity contribution < 1.29 is 9.50 Å². The number of halogens is 2. The van der Waals surface area contributed by atoms with Gasteiger partial charge in [-0.1, -0.05) is 11.6 Å². The molecule has 3 heteroatoms. The molecule has 1 aromatic carbocycles. The van der Waals surface area contributed by atoms with Crippen molar-refractivity contribution in [3.05, 3.63) is 34.1 Å². The van der Waals surface area contributed by atoms with Crippen molar-refractivity contribution in [2.75, 3.05) is 0 Å². The molecule has 0 bridgehead atoms. The van der Waals surface area contributed by atoms with Crippen LogP contribution in [0.15, 0.2) is 12.1 Å². The fourth-order valence-electron chi connectivity index (χ4n) is 1.000. The molecule has 0 aliphatic heterocycles. The highest BCUT2D eigenvalue weighted by atomic mass is 35.5. The summed E-state index contributed by atoms with van der Waals surface area (Å²) in [7, 11) is 0. The van der Waals surface area contributed by atoms with Gasteiger partial charge in [0.2, 0.25) is 0 Å². The van der Waals surface area contributed by atoms with Crippen molar-refractivity contribution in [2.24, 2.45) is 0 Å². The molecule has 0 heterocycles. The number of rotatable bonds is 1. The minimum atomic E-state index is -0.656. The molecule has 0 unspecified atom stereocenters. The molecule has 12 heavy (non-hydrogen) atoms. The molecule has 0 aromatic heterocycles. The van der Waals surface area contributed by atoms with E-state index < -0.39 is 6.10 Å². The lowest BCUT2D eigenvalue weighted by Crippen LogP contribution is -1.95. The first-order chi connectivity index (χ1) is 5.52. The summed E-state index contributed by atoms with van der Waals surface area (Å²) in [5.74, 6) is -0.343. The van der Waals surface area contributed by atoms with E-state index in [1.807, 2.05) is 0 Å². The summed E-state index contributed by atoms with van der Waals surface area (Å²) in [6.07, 6.45) is -0.656. The van der Waals surface area contributed by atoms with Crippen LogP contribution in [0.25, 0.3) is 0 Å². The molecule has 66 valence electrons. The summed E-state index contributed by atoms with van der Waals surface area (Å²) in [5.41, 5.74) is 1.06. The van der Waals surface area contributed by atoms with Crippen LogP contribution >= 0.6 is 11.6 Å². The second-order valence-electron chi connectivity index (χ2n) is 2.80. The molecule has 0 amide bonds. The average Bonchev–Trinajstić information content (AvgIpc) is 1.96. The van der Waals surface area contributed by atoms with Crippen LogP contribution in [0.3, 0.4) is 0 Å². The van der Waals surface area contributed by atoms with Crippen LogP contribution in [0.1, 0.15) is 24.2 Å². The van der Waals surface area contributed by atoms with Gasteiger partial charge in [0, 0.05) is 5.02 Å². The first-order valence-corrected chi connectivity index (χ1v) is 4.03. The Morgan fingerprint density at radius 1 is 1.50 bits per heavy atom. The highest BCUT2D eigenvalue weighted by Crippen LogP contribution is 2.25. The highest BCUT2D eigenvalue weighted by Gasteiger charge is 2.09. The second-order valence-corrected chi connectivity index (χ2v) is 3.21. The molecular formula is C9H10ClFO. The third-order valence-corrected chi connectivity index (χ3v) is 2.06. The Bertz CT molecular complexity index is 297. The Balaban J connectivity index is 3.23. The SMILES string of the molecule is Cc1cc([C@@H](C)O)c(Cl)cc1F. The summed E-state index contributed by atoms with van der Waals surface area (Å²) in [6, 6.07) is 2.78. The molecule has 0 spiro atoms. The number of benzene rings is 1. The monoisotopic (exact) mass is 188 g/mol. The van der Waals surface area contributed by atoms with Crippen molar-refractivity contribution in [3.63, 3.8) is 0 Å². The molecule has 1 aromatic rings. The lowest BCUT2D eigenvalue weighted by Gasteiger charge is -2.08. The van der Waals surface area contributed by atoms with Gasteiger partial charge in [0.1, 0.15) is 5.82 Å². The maximum absolute atomic E-state index is 12.9. The van der Waals surface area contributed by atoms with Gasteiger partial charge in [0.05, 0.1) is 6.10 Å². The van der Waals surface area contributed by atoms with E-state index in [0.29, 0.717) is 11.1 Å². The number of aliphatic hydroxyl groups is 1. The molecule has 1 rings (SSSR count). The molecule has 0 aliphatic carbocycles. The quantitative estimate of drug-likeness (QED) is 0.719. The van der Waals surface area contributed by atoms with Gasteiger partial charge in [-0.25, -0.2) is 4.39 Å². The van der Waals surface area contributed by atoms with Gasteiger partial charge < -0.3 is 5.11 Å². The van der Waals surface area contributed by atoms with Crippen LogP contribution in [0.5, 0.6) is 0 Å². The molecular weight excluding hydrogens is 179 g/mol. The Kier molecular flexibility index (Phi) is 2.70. The Morgan fingerprint density at radius 2 is 2.08 bits per heavy atom.